The summed E-state index contributed by atoms with van der Waals surface area (Å²) in [6, 6.07) is 8.45. The highest BCUT2D eigenvalue weighted by atomic mass is 32.2. The molecule has 80 valence electrons. The van der Waals surface area contributed by atoms with Crippen molar-refractivity contribution in [1.29, 1.82) is 0 Å². The average Bonchev–Trinajstić information content (AvgIpc) is 2.66. The molecule has 1 aromatic carbocycles. The number of rotatable bonds is 2. The van der Waals surface area contributed by atoms with Crippen molar-refractivity contribution in [3.05, 3.63) is 41.0 Å². The van der Waals surface area contributed by atoms with Gasteiger partial charge in [0, 0.05) is 6.42 Å². The number of hydrogen-bond donors (Lipinski definition) is 0. The van der Waals surface area contributed by atoms with Crippen LogP contribution in [-0.2, 0) is 14.6 Å². The zero-order valence-corrected chi connectivity index (χ0v) is 9.25. The topological polar surface area (TPSA) is 43.4 Å². The molecule has 0 aliphatic carbocycles. The third kappa shape index (κ3) is 1.77. The fraction of sp³-hybridized carbons (Fsp3) is 0.273. The lowest BCUT2D eigenvalue weighted by Gasteiger charge is -2.04. The SMILES string of the molecule is CC1=C(S(=O)(=O)c2ccccc2)CCO1. The maximum atomic E-state index is 12.1. The highest BCUT2D eigenvalue weighted by molar-refractivity contribution is 7.95. The van der Waals surface area contributed by atoms with Crippen LogP contribution in [0.2, 0.25) is 0 Å². The van der Waals surface area contributed by atoms with Gasteiger partial charge in [0.2, 0.25) is 9.84 Å². The summed E-state index contributed by atoms with van der Waals surface area (Å²) in [4.78, 5) is 0.749. The van der Waals surface area contributed by atoms with Crippen LogP contribution in [0.4, 0.5) is 0 Å². The molecule has 0 amide bonds. The molecule has 1 aliphatic heterocycles. The molecule has 0 fully saturated rings. The Balaban J connectivity index is 2.50. The molecule has 0 aromatic heterocycles. The summed E-state index contributed by atoms with van der Waals surface area (Å²) in [5.41, 5.74) is 0. The predicted molar refractivity (Wildman–Crippen MR) is 56.9 cm³/mol. The molecule has 0 bridgehead atoms. The van der Waals surface area contributed by atoms with Gasteiger partial charge in [-0.2, -0.15) is 0 Å². The average molecular weight is 224 g/mol. The summed E-state index contributed by atoms with van der Waals surface area (Å²) in [5, 5.41) is 0. The first-order valence-corrected chi connectivity index (χ1v) is 6.23. The van der Waals surface area contributed by atoms with E-state index in [0.717, 1.165) is 0 Å². The second-order valence-corrected chi connectivity index (χ2v) is 5.37. The van der Waals surface area contributed by atoms with E-state index in [2.05, 4.69) is 0 Å². The largest absolute Gasteiger partial charge is 0.497 e. The van der Waals surface area contributed by atoms with Crippen LogP contribution in [0.15, 0.2) is 45.9 Å². The van der Waals surface area contributed by atoms with E-state index in [1.54, 1.807) is 37.3 Å². The predicted octanol–water partition coefficient (Wildman–Crippen LogP) is 2.11. The van der Waals surface area contributed by atoms with Crippen molar-refractivity contribution in [3.63, 3.8) is 0 Å². The Morgan fingerprint density at radius 3 is 2.40 bits per heavy atom. The maximum Gasteiger partial charge on any atom is 0.206 e. The highest BCUT2D eigenvalue weighted by Gasteiger charge is 2.26. The number of sulfone groups is 1. The zero-order chi connectivity index (χ0) is 10.9. The summed E-state index contributed by atoms with van der Waals surface area (Å²) in [6.45, 7) is 2.16. The number of hydrogen-bond acceptors (Lipinski definition) is 3. The minimum atomic E-state index is -3.33. The van der Waals surface area contributed by atoms with E-state index in [1.165, 1.54) is 0 Å². The number of allylic oxidation sites excluding steroid dienone is 1. The third-order valence-electron chi connectivity index (χ3n) is 2.42. The first-order chi connectivity index (χ1) is 7.12. The Morgan fingerprint density at radius 2 is 1.87 bits per heavy atom. The normalized spacial score (nSPS) is 16.6. The molecule has 1 aliphatic rings. The van der Waals surface area contributed by atoms with Crippen molar-refractivity contribution in [2.24, 2.45) is 0 Å². The molecule has 0 spiro atoms. The molecule has 4 heteroatoms. The number of benzene rings is 1. The van der Waals surface area contributed by atoms with Crippen LogP contribution < -0.4 is 0 Å². The van der Waals surface area contributed by atoms with Crippen LogP contribution in [0.5, 0.6) is 0 Å². The van der Waals surface area contributed by atoms with Gasteiger partial charge in [-0.05, 0) is 19.1 Å². The van der Waals surface area contributed by atoms with E-state index < -0.39 is 9.84 Å². The molecule has 0 atom stereocenters. The van der Waals surface area contributed by atoms with Crippen LogP contribution in [0, 0.1) is 0 Å². The first-order valence-electron chi connectivity index (χ1n) is 4.75. The van der Waals surface area contributed by atoms with Gasteiger partial charge in [0.05, 0.1) is 16.4 Å². The van der Waals surface area contributed by atoms with Crippen molar-refractivity contribution in [2.45, 2.75) is 18.2 Å². The van der Waals surface area contributed by atoms with Crippen molar-refractivity contribution in [1.82, 2.24) is 0 Å². The second kappa shape index (κ2) is 3.70. The van der Waals surface area contributed by atoms with Gasteiger partial charge in [-0.1, -0.05) is 18.2 Å². The quantitative estimate of drug-likeness (QED) is 0.772. The maximum absolute atomic E-state index is 12.1. The highest BCUT2D eigenvalue weighted by Crippen LogP contribution is 2.29. The minimum Gasteiger partial charge on any atom is -0.497 e. The van der Waals surface area contributed by atoms with Crippen LogP contribution in [0.3, 0.4) is 0 Å². The minimum absolute atomic E-state index is 0.338. The lowest BCUT2D eigenvalue weighted by molar-refractivity contribution is 0.246. The molecule has 0 saturated heterocycles. The third-order valence-corrected chi connectivity index (χ3v) is 4.45. The van der Waals surface area contributed by atoms with Crippen molar-refractivity contribution < 1.29 is 13.2 Å². The van der Waals surface area contributed by atoms with Gasteiger partial charge in [0.1, 0.15) is 5.76 Å². The molecular formula is C11H12O3S. The van der Waals surface area contributed by atoms with Crippen molar-refractivity contribution >= 4 is 9.84 Å². The Morgan fingerprint density at radius 1 is 1.20 bits per heavy atom. The van der Waals surface area contributed by atoms with E-state index in [1.807, 2.05) is 0 Å². The van der Waals surface area contributed by atoms with Gasteiger partial charge in [0.15, 0.2) is 0 Å². The van der Waals surface area contributed by atoms with Crippen molar-refractivity contribution in [2.75, 3.05) is 6.61 Å². The molecule has 0 saturated carbocycles. The summed E-state index contributed by atoms with van der Waals surface area (Å²) in [5.74, 6) is 0.527. The molecule has 15 heavy (non-hydrogen) atoms. The first kappa shape index (κ1) is 10.2. The Labute approximate surface area is 89.3 Å². The molecule has 2 rings (SSSR count). The standard InChI is InChI=1S/C11H12O3S/c1-9-11(7-8-14-9)15(12,13)10-5-3-2-4-6-10/h2-6H,7-8H2,1H3. The van der Waals surface area contributed by atoms with Gasteiger partial charge in [-0.25, -0.2) is 8.42 Å². The smallest absolute Gasteiger partial charge is 0.206 e. The molecule has 1 heterocycles. The molecule has 0 unspecified atom stereocenters. The zero-order valence-electron chi connectivity index (χ0n) is 8.43. The van der Waals surface area contributed by atoms with E-state index in [9.17, 15) is 8.42 Å². The summed E-state index contributed by atoms with van der Waals surface area (Å²) < 4.78 is 29.4. The molecule has 1 aromatic rings. The van der Waals surface area contributed by atoms with Crippen LogP contribution >= 0.6 is 0 Å². The fourth-order valence-electron chi connectivity index (χ4n) is 1.62. The molecule has 0 N–H and O–H groups in total. The van der Waals surface area contributed by atoms with Crippen LogP contribution in [0.25, 0.3) is 0 Å². The number of ether oxygens (including phenoxy) is 1. The Kier molecular flexibility index (Phi) is 2.52. The van der Waals surface area contributed by atoms with Gasteiger partial charge in [-0.3, -0.25) is 0 Å². The monoisotopic (exact) mass is 224 g/mol. The molecule has 3 nitrogen and oxygen atoms in total. The lowest BCUT2D eigenvalue weighted by Crippen LogP contribution is -2.04. The van der Waals surface area contributed by atoms with E-state index in [4.69, 9.17) is 4.74 Å². The van der Waals surface area contributed by atoms with Crippen LogP contribution in [0.1, 0.15) is 13.3 Å². The van der Waals surface area contributed by atoms with Gasteiger partial charge >= 0.3 is 0 Å². The summed E-state index contributed by atoms with van der Waals surface area (Å²) >= 11 is 0. The van der Waals surface area contributed by atoms with E-state index >= 15 is 0 Å². The molecular weight excluding hydrogens is 212 g/mol. The summed E-state index contributed by atoms with van der Waals surface area (Å²) in [7, 11) is -3.33. The lowest BCUT2D eigenvalue weighted by atomic mass is 10.4. The summed E-state index contributed by atoms with van der Waals surface area (Å²) in [6.07, 6.45) is 0.475. The van der Waals surface area contributed by atoms with Crippen molar-refractivity contribution in [3.8, 4) is 0 Å². The van der Waals surface area contributed by atoms with E-state index in [0.29, 0.717) is 28.6 Å². The van der Waals surface area contributed by atoms with Crippen LogP contribution in [-0.4, -0.2) is 15.0 Å². The van der Waals surface area contributed by atoms with E-state index in [-0.39, 0.29) is 0 Å². The van der Waals surface area contributed by atoms with Gasteiger partial charge in [0.25, 0.3) is 0 Å². The molecule has 0 radical (unpaired) electrons. The Bertz CT molecular complexity index is 486. The fourth-order valence-corrected chi connectivity index (χ4v) is 3.21. The van der Waals surface area contributed by atoms with Gasteiger partial charge < -0.3 is 4.74 Å². The second-order valence-electron chi connectivity index (χ2n) is 3.39. The Hall–Kier alpha value is -1.29. The van der Waals surface area contributed by atoms with Gasteiger partial charge in [-0.15, -0.1) is 0 Å².